The lowest BCUT2D eigenvalue weighted by Crippen LogP contribution is -2.20. The van der Waals surface area contributed by atoms with E-state index in [-0.39, 0.29) is 22.2 Å². The Morgan fingerprint density at radius 1 is 1.18 bits per heavy atom. The third-order valence-electron chi connectivity index (χ3n) is 3.80. The molecule has 0 atom stereocenters. The van der Waals surface area contributed by atoms with Crippen molar-refractivity contribution in [3.63, 3.8) is 0 Å². The number of nitrogens with one attached hydrogen (secondary N) is 2. The molecule has 0 spiro atoms. The van der Waals surface area contributed by atoms with E-state index in [1.807, 2.05) is 5.32 Å². The lowest BCUT2D eigenvalue weighted by molar-refractivity contribution is -0.140. The number of H-pyrrole nitrogens is 1. The van der Waals surface area contributed by atoms with Crippen LogP contribution >= 0.6 is 0 Å². The third kappa shape index (κ3) is 3.38. The summed E-state index contributed by atoms with van der Waals surface area (Å²) in [6.07, 6.45) is -4.17. The molecule has 2 heterocycles. The van der Waals surface area contributed by atoms with E-state index in [4.69, 9.17) is 4.74 Å². The van der Waals surface area contributed by atoms with Crippen LogP contribution in [-0.2, 0) is 6.18 Å². The molecular formula is C17H10F5N3O3. The average Bonchev–Trinajstić information content (AvgIpc) is 2.66. The zero-order valence-electron chi connectivity index (χ0n) is 13.9. The van der Waals surface area contributed by atoms with E-state index < -0.39 is 40.7 Å². The molecule has 0 aliphatic carbocycles. The quantitative estimate of drug-likeness (QED) is 0.661. The largest absolute Gasteiger partial charge is 0.494 e. The summed E-state index contributed by atoms with van der Waals surface area (Å²) in [6.45, 7) is 0. The van der Waals surface area contributed by atoms with Gasteiger partial charge in [0.2, 0.25) is 5.82 Å². The number of benzene rings is 1. The molecule has 2 aromatic heterocycles. The maximum Gasteiger partial charge on any atom is 0.433 e. The van der Waals surface area contributed by atoms with Crippen molar-refractivity contribution in [1.82, 2.24) is 9.97 Å². The molecule has 146 valence electrons. The van der Waals surface area contributed by atoms with E-state index in [0.29, 0.717) is 12.3 Å². The van der Waals surface area contributed by atoms with Gasteiger partial charge in [0.05, 0.1) is 7.11 Å². The van der Waals surface area contributed by atoms with Crippen LogP contribution in [0.3, 0.4) is 0 Å². The predicted octanol–water partition coefficient (Wildman–Crippen LogP) is 3.48. The molecule has 1 aromatic carbocycles. The molecule has 3 rings (SSSR count). The van der Waals surface area contributed by atoms with Crippen LogP contribution in [0.1, 0.15) is 16.1 Å². The fraction of sp³-hybridized carbons (Fsp3) is 0.118. The van der Waals surface area contributed by atoms with Gasteiger partial charge in [-0.2, -0.15) is 17.6 Å². The van der Waals surface area contributed by atoms with E-state index in [9.17, 15) is 31.5 Å². The standard InChI is InChI=1S/C17H10F5N3O3/c1-28-10-4-2-8(7-3-5-11(17(20,21)22)24-13(7)10)15(26)25-14-9(18)6-23-16(27)12(14)19/h2-6H,1H3,(H2,23,25,26,27). The third-order valence-corrected chi connectivity index (χ3v) is 3.80. The number of carbonyl (C=O) groups excluding carboxylic acids is 1. The number of rotatable bonds is 3. The maximum absolute atomic E-state index is 13.8. The molecule has 3 aromatic rings. The normalized spacial score (nSPS) is 11.5. The van der Waals surface area contributed by atoms with Crippen molar-refractivity contribution in [2.45, 2.75) is 6.18 Å². The number of carbonyl (C=O) groups is 1. The number of ether oxygens (including phenoxy) is 1. The SMILES string of the molecule is COc1ccc(C(=O)Nc2c(F)c[nH]c(=O)c2F)c2ccc(C(F)(F)F)nc12. The zero-order valence-corrected chi connectivity index (χ0v) is 13.9. The molecule has 0 fully saturated rings. The molecule has 0 aliphatic heterocycles. The molecule has 6 nitrogen and oxygen atoms in total. The Kier molecular flexibility index (Phi) is 4.75. The number of nitrogens with zero attached hydrogens (tertiary/aromatic N) is 1. The smallest absolute Gasteiger partial charge is 0.433 e. The Bertz CT molecular complexity index is 1140. The molecule has 0 bridgehead atoms. The van der Waals surface area contributed by atoms with Crippen molar-refractivity contribution in [3.8, 4) is 5.75 Å². The predicted molar refractivity (Wildman–Crippen MR) is 88.2 cm³/mol. The van der Waals surface area contributed by atoms with Gasteiger partial charge in [0, 0.05) is 17.1 Å². The molecule has 0 unspecified atom stereocenters. The number of aromatic amines is 1. The lowest BCUT2D eigenvalue weighted by atomic mass is 10.1. The Morgan fingerprint density at radius 2 is 1.89 bits per heavy atom. The van der Waals surface area contributed by atoms with Crippen LogP contribution in [0.2, 0.25) is 0 Å². The summed E-state index contributed by atoms with van der Waals surface area (Å²) in [5, 5.41) is 1.86. The number of aromatic nitrogens is 2. The first kappa shape index (κ1) is 19.3. The van der Waals surface area contributed by atoms with Gasteiger partial charge in [-0.05, 0) is 24.3 Å². The van der Waals surface area contributed by atoms with Gasteiger partial charge >= 0.3 is 6.18 Å². The van der Waals surface area contributed by atoms with E-state index in [1.165, 1.54) is 19.2 Å². The van der Waals surface area contributed by atoms with E-state index in [0.717, 1.165) is 6.07 Å². The summed E-state index contributed by atoms with van der Waals surface area (Å²) in [7, 11) is 1.21. The Morgan fingerprint density at radius 3 is 2.54 bits per heavy atom. The number of methoxy groups -OCH3 is 1. The Labute approximate surface area is 153 Å². The van der Waals surface area contributed by atoms with E-state index >= 15 is 0 Å². The van der Waals surface area contributed by atoms with Gasteiger partial charge in [-0.25, -0.2) is 9.37 Å². The van der Waals surface area contributed by atoms with Gasteiger partial charge in [-0.15, -0.1) is 0 Å². The maximum atomic E-state index is 13.8. The summed E-state index contributed by atoms with van der Waals surface area (Å²) < 4.78 is 71.3. The van der Waals surface area contributed by atoms with E-state index in [1.54, 1.807) is 4.98 Å². The van der Waals surface area contributed by atoms with Crippen LogP contribution in [0.4, 0.5) is 27.6 Å². The minimum Gasteiger partial charge on any atom is -0.494 e. The van der Waals surface area contributed by atoms with Crippen LogP contribution in [0, 0.1) is 11.6 Å². The molecule has 0 radical (unpaired) electrons. The monoisotopic (exact) mass is 399 g/mol. The summed E-state index contributed by atoms with van der Waals surface area (Å²) in [5.41, 5.74) is -3.94. The van der Waals surface area contributed by atoms with E-state index in [2.05, 4.69) is 4.98 Å². The van der Waals surface area contributed by atoms with Crippen LogP contribution in [0.25, 0.3) is 10.9 Å². The highest BCUT2D eigenvalue weighted by atomic mass is 19.4. The summed E-state index contributed by atoms with van der Waals surface area (Å²) in [4.78, 5) is 29.0. The van der Waals surface area contributed by atoms with Gasteiger partial charge in [-0.3, -0.25) is 9.59 Å². The topological polar surface area (TPSA) is 84.1 Å². The molecule has 0 saturated carbocycles. The van der Waals surface area contributed by atoms with Crippen molar-refractivity contribution < 1.29 is 31.5 Å². The fourth-order valence-corrected chi connectivity index (χ4v) is 2.49. The second-order valence-electron chi connectivity index (χ2n) is 5.51. The van der Waals surface area contributed by atoms with Gasteiger partial charge in [-0.1, -0.05) is 0 Å². The number of hydrogen-bond donors (Lipinski definition) is 2. The summed E-state index contributed by atoms with van der Waals surface area (Å²) in [6, 6.07) is 4.03. The average molecular weight is 399 g/mol. The highest BCUT2D eigenvalue weighted by Crippen LogP contribution is 2.33. The summed E-state index contributed by atoms with van der Waals surface area (Å²) >= 11 is 0. The van der Waals surface area contributed by atoms with Crippen molar-refractivity contribution in [2.75, 3.05) is 12.4 Å². The van der Waals surface area contributed by atoms with Crippen molar-refractivity contribution in [1.29, 1.82) is 0 Å². The highest BCUT2D eigenvalue weighted by molar-refractivity contribution is 6.13. The first-order valence-corrected chi connectivity index (χ1v) is 7.56. The molecule has 11 heteroatoms. The summed E-state index contributed by atoms with van der Waals surface area (Å²) in [5.74, 6) is -3.88. The van der Waals surface area contributed by atoms with Crippen LogP contribution < -0.4 is 15.6 Å². The first-order valence-electron chi connectivity index (χ1n) is 7.56. The number of hydrogen-bond acceptors (Lipinski definition) is 4. The minimum atomic E-state index is -4.73. The van der Waals surface area contributed by atoms with Crippen LogP contribution in [-0.4, -0.2) is 23.0 Å². The van der Waals surface area contributed by atoms with Gasteiger partial charge < -0.3 is 15.0 Å². The van der Waals surface area contributed by atoms with Crippen molar-refractivity contribution in [3.05, 3.63) is 63.7 Å². The number of anilines is 1. The number of halogens is 5. The van der Waals surface area contributed by atoms with Crippen LogP contribution in [0.15, 0.2) is 35.3 Å². The molecule has 2 N–H and O–H groups in total. The zero-order chi connectivity index (χ0) is 20.6. The fourth-order valence-electron chi connectivity index (χ4n) is 2.49. The molecule has 1 amide bonds. The number of alkyl halides is 3. The van der Waals surface area contributed by atoms with Crippen molar-refractivity contribution >= 4 is 22.5 Å². The van der Waals surface area contributed by atoms with Gasteiger partial charge in [0.1, 0.15) is 22.6 Å². The number of fused-ring (bicyclic) bond motifs is 1. The molecule has 0 saturated heterocycles. The molecular weight excluding hydrogens is 389 g/mol. The first-order chi connectivity index (χ1) is 13.1. The Hall–Kier alpha value is -3.50. The van der Waals surface area contributed by atoms with Gasteiger partial charge in [0.15, 0.2) is 5.82 Å². The number of pyridine rings is 2. The second kappa shape index (κ2) is 6.91. The number of amides is 1. The minimum absolute atomic E-state index is 0.0360. The highest BCUT2D eigenvalue weighted by Gasteiger charge is 2.33. The lowest BCUT2D eigenvalue weighted by Gasteiger charge is -2.13. The van der Waals surface area contributed by atoms with Crippen LogP contribution in [0.5, 0.6) is 5.75 Å². The Balaban J connectivity index is 2.12. The van der Waals surface area contributed by atoms with Crippen molar-refractivity contribution in [2.24, 2.45) is 0 Å². The second-order valence-corrected chi connectivity index (χ2v) is 5.51. The molecule has 28 heavy (non-hydrogen) atoms. The molecule has 0 aliphatic rings. The van der Waals surface area contributed by atoms with Gasteiger partial charge in [0.25, 0.3) is 11.5 Å².